The monoisotopic (exact) mass is 268 g/mol. The van der Waals surface area contributed by atoms with Gasteiger partial charge in [0, 0.05) is 10.7 Å². The largest absolute Gasteiger partial charge is 0.325 e. The van der Waals surface area contributed by atoms with Crippen LogP contribution in [0.25, 0.3) is 0 Å². The molecule has 0 fully saturated rings. The summed E-state index contributed by atoms with van der Waals surface area (Å²) in [6.45, 7) is 5.01. The minimum absolute atomic E-state index is 0.00382. The molecule has 2 N–H and O–H groups in total. The van der Waals surface area contributed by atoms with E-state index in [1.165, 1.54) is 0 Å². The van der Waals surface area contributed by atoms with Crippen LogP contribution in [0.2, 0.25) is 5.02 Å². The van der Waals surface area contributed by atoms with E-state index in [-0.39, 0.29) is 11.9 Å². The van der Waals surface area contributed by atoms with Crippen molar-refractivity contribution in [1.82, 2.24) is 5.32 Å². The summed E-state index contributed by atoms with van der Waals surface area (Å²) >= 11 is 5.88. The van der Waals surface area contributed by atoms with E-state index in [1.54, 1.807) is 12.1 Å². The SMILES string of the molecule is CCCCNC(CC)C(=O)Nc1cccc(Cl)c1. The molecule has 3 nitrogen and oxygen atoms in total. The minimum atomic E-state index is -0.143. The fourth-order valence-electron chi connectivity index (χ4n) is 1.67. The van der Waals surface area contributed by atoms with Crippen LogP contribution in [0, 0.1) is 0 Å². The first-order valence-electron chi connectivity index (χ1n) is 6.47. The van der Waals surface area contributed by atoms with Crippen LogP contribution in [0.3, 0.4) is 0 Å². The van der Waals surface area contributed by atoms with Crippen molar-refractivity contribution in [1.29, 1.82) is 0 Å². The van der Waals surface area contributed by atoms with Gasteiger partial charge in [0.25, 0.3) is 0 Å². The lowest BCUT2D eigenvalue weighted by Gasteiger charge is -2.16. The topological polar surface area (TPSA) is 41.1 Å². The van der Waals surface area contributed by atoms with E-state index in [9.17, 15) is 4.79 Å². The molecular formula is C14H21ClN2O. The van der Waals surface area contributed by atoms with Crippen molar-refractivity contribution in [3.63, 3.8) is 0 Å². The van der Waals surface area contributed by atoms with Gasteiger partial charge in [-0.25, -0.2) is 0 Å². The highest BCUT2D eigenvalue weighted by molar-refractivity contribution is 6.30. The van der Waals surface area contributed by atoms with Crippen molar-refractivity contribution in [2.24, 2.45) is 0 Å². The van der Waals surface area contributed by atoms with Gasteiger partial charge in [0.2, 0.25) is 5.91 Å². The molecular weight excluding hydrogens is 248 g/mol. The van der Waals surface area contributed by atoms with Crippen LogP contribution in [0.4, 0.5) is 5.69 Å². The molecule has 0 aliphatic carbocycles. The number of benzene rings is 1. The summed E-state index contributed by atoms with van der Waals surface area (Å²) in [5.74, 6) is -0.00382. The number of hydrogen-bond acceptors (Lipinski definition) is 2. The summed E-state index contributed by atoms with van der Waals surface area (Å²) in [4.78, 5) is 12.0. The Hall–Kier alpha value is -1.06. The fourth-order valence-corrected chi connectivity index (χ4v) is 1.86. The molecule has 4 heteroatoms. The zero-order chi connectivity index (χ0) is 13.4. The van der Waals surface area contributed by atoms with Gasteiger partial charge in [-0.15, -0.1) is 0 Å². The van der Waals surface area contributed by atoms with Gasteiger partial charge in [0.05, 0.1) is 6.04 Å². The average Bonchev–Trinajstić information content (AvgIpc) is 2.34. The molecule has 1 amide bonds. The Bertz CT molecular complexity index is 382. The second-order valence-corrected chi connectivity index (χ2v) is 4.70. The Kier molecular flexibility index (Phi) is 6.76. The van der Waals surface area contributed by atoms with Crippen molar-refractivity contribution < 1.29 is 4.79 Å². The lowest BCUT2D eigenvalue weighted by molar-refractivity contribution is -0.118. The van der Waals surface area contributed by atoms with Gasteiger partial charge in [-0.2, -0.15) is 0 Å². The second-order valence-electron chi connectivity index (χ2n) is 4.27. The Morgan fingerprint density at radius 3 is 2.78 bits per heavy atom. The predicted octanol–water partition coefficient (Wildman–Crippen LogP) is 3.45. The van der Waals surface area contributed by atoms with E-state index < -0.39 is 0 Å². The molecule has 1 aromatic carbocycles. The van der Waals surface area contributed by atoms with E-state index >= 15 is 0 Å². The van der Waals surface area contributed by atoms with E-state index in [1.807, 2.05) is 19.1 Å². The number of unbranched alkanes of at least 4 members (excludes halogenated alkanes) is 1. The molecule has 1 rings (SSSR count). The van der Waals surface area contributed by atoms with Crippen LogP contribution in [-0.2, 0) is 4.79 Å². The molecule has 0 saturated carbocycles. The van der Waals surface area contributed by atoms with Crippen LogP contribution < -0.4 is 10.6 Å². The molecule has 100 valence electrons. The van der Waals surface area contributed by atoms with Gasteiger partial charge >= 0.3 is 0 Å². The van der Waals surface area contributed by atoms with Gasteiger partial charge in [0.1, 0.15) is 0 Å². The van der Waals surface area contributed by atoms with Crippen LogP contribution >= 0.6 is 11.6 Å². The van der Waals surface area contributed by atoms with Crippen molar-refractivity contribution in [2.75, 3.05) is 11.9 Å². The number of carbonyl (C=O) groups excluding carboxylic acids is 1. The Morgan fingerprint density at radius 2 is 2.17 bits per heavy atom. The van der Waals surface area contributed by atoms with E-state index in [4.69, 9.17) is 11.6 Å². The highest BCUT2D eigenvalue weighted by Crippen LogP contribution is 2.15. The predicted molar refractivity (Wildman–Crippen MR) is 77.1 cm³/mol. The Morgan fingerprint density at radius 1 is 1.39 bits per heavy atom. The third-order valence-electron chi connectivity index (χ3n) is 2.74. The molecule has 1 aromatic rings. The maximum atomic E-state index is 12.0. The molecule has 0 radical (unpaired) electrons. The summed E-state index contributed by atoms with van der Waals surface area (Å²) in [6, 6.07) is 7.05. The van der Waals surface area contributed by atoms with Crippen LogP contribution in [0.15, 0.2) is 24.3 Å². The van der Waals surface area contributed by atoms with Crippen molar-refractivity contribution in [3.8, 4) is 0 Å². The first-order chi connectivity index (χ1) is 8.67. The summed E-state index contributed by atoms with van der Waals surface area (Å²) in [6.07, 6.45) is 2.98. The summed E-state index contributed by atoms with van der Waals surface area (Å²) in [7, 11) is 0. The number of amides is 1. The lowest BCUT2D eigenvalue weighted by Crippen LogP contribution is -2.40. The number of hydrogen-bond donors (Lipinski definition) is 2. The molecule has 1 unspecified atom stereocenters. The maximum absolute atomic E-state index is 12.0. The zero-order valence-electron chi connectivity index (χ0n) is 11.0. The molecule has 18 heavy (non-hydrogen) atoms. The van der Waals surface area contributed by atoms with Gasteiger partial charge in [-0.05, 0) is 37.6 Å². The van der Waals surface area contributed by atoms with Crippen molar-refractivity contribution in [3.05, 3.63) is 29.3 Å². The summed E-state index contributed by atoms with van der Waals surface area (Å²) < 4.78 is 0. The molecule has 0 aromatic heterocycles. The molecule has 0 bridgehead atoms. The van der Waals surface area contributed by atoms with Gasteiger partial charge in [-0.1, -0.05) is 37.9 Å². The smallest absolute Gasteiger partial charge is 0.241 e. The van der Waals surface area contributed by atoms with Gasteiger partial charge < -0.3 is 10.6 Å². The highest BCUT2D eigenvalue weighted by Gasteiger charge is 2.15. The third-order valence-corrected chi connectivity index (χ3v) is 2.97. The normalized spacial score (nSPS) is 12.2. The van der Waals surface area contributed by atoms with Crippen LogP contribution in [-0.4, -0.2) is 18.5 Å². The number of halogens is 1. The Balaban J connectivity index is 2.51. The second kappa shape index (κ2) is 8.11. The van der Waals surface area contributed by atoms with Crippen molar-refractivity contribution in [2.45, 2.75) is 39.2 Å². The highest BCUT2D eigenvalue weighted by atomic mass is 35.5. The first kappa shape index (κ1) is 15.0. The quantitative estimate of drug-likeness (QED) is 0.744. The molecule has 1 atom stereocenters. The van der Waals surface area contributed by atoms with E-state index in [0.29, 0.717) is 5.02 Å². The number of rotatable bonds is 7. The van der Waals surface area contributed by atoms with Gasteiger partial charge in [0.15, 0.2) is 0 Å². The van der Waals surface area contributed by atoms with Crippen LogP contribution in [0.1, 0.15) is 33.1 Å². The van der Waals surface area contributed by atoms with E-state index in [2.05, 4.69) is 17.6 Å². The number of anilines is 1. The molecule has 0 aliphatic rings. The zero-order valence-corrected chi connectivity index (χ0v) is 11.8. The standard InChI is InChI=1S/C14H21ClN2O/c1-3-5-9-16-13(4-2)14(18)17-12-8-6-7-11(15)10-12/h6-8,10,13,16H,3-5,9H2,1-2H3,(H,17,18). The number of carbonyl (C=O) groups is 1. The lowest BCUT2D eigenvalue weighted by atomic mass is 10.2. The molecule has 0 aliphatic heterocycles. The summed E-state index contributed by atoms with van der Waals surface area (Å²) in [5.41, 5.74) is 0.739. The maximum Gasteiger partial charge on any atom is 0.241 e. The summed E-state index contributed by atoms with van der Waals surface area (Å²) in [5, 5.41) is 6.76. The minimum Gasteiger partial charge on any atom is -0.325 e. The fraction of sp³-hybridized carbons (Fsp3) is 0.500. The molecule has 0 saturated heterocycles. The van der Waals surface area contributed by atoms with E-state index in [0.717, 1.165) is 31.5 Å². The Labute approximate surface area is 114 Å². The third kappa shape index (κ3) is 5.07. The number of nitrogens with one attached hydrogen (secondary N) is 2. The average molecular weight is 269 g/mol. The molecule has 0 spiro atoms. The molecule has 0 heterocycles. The van der Waals surface area contributed by atoms with Crippen LogP contribution in [0.5, 0.6) is 0 Å². The van der Waals surface area contributed by atoms with Gasteiger partial charge in [-0.3, -0.25) is 4.79 Å². The first-order valence-corrected chi connectivity index (χ1v) is 6.85. The van der Waals surface area contributed by atoms with Crippen molar-refractivity contribution >= 4 is 23.2 Å².